The molecule has 0 saturated heterocycles. The smallest absolute Gasteiger partial charge is 0.269 e. The van der Waals surface area contributed by atoms with E-state index < -0.39 is 11.2 Å². The van der Waals surface area contributed by atoms with Crippen LogP contribution in [0.1, 0.15) is 6.92 Å². The number of hydrogen-bond acceptors (Lipinski definition) is 5. The van der Waals surface area contributed by atoms with E-state index in [-0.39, 0.29) is 18.2 Å². The highest BCUT2D eigenvalue weighted by molar-refractivity contribution is 5.73. The van der Waals surface area contributed by atoms with E-state index >= 15 is 0 Å². The van der Waals surface area contributed by atoms with Gasteiger partial charge in [-0.3, -0.25) is 14.9 Å². The highest BCUT2D eigenvalue weighted by Crippen LogP contribution is 2.18. The summed E-state index contributed by atoms with van der Waals surface area (Å²) in [4.78, 5) is 22.3. The van der Waals surface area contributed by atoms with E-state index in [0.29, 0.717) is 5.75 Å². The van der Waals surface area contributed by atoms with Crippen LogP contribution in [0.25, 0.3) is 0 Å². The van der Waals surface area contributed by atoms with Crippen molar-refractivity contribution in [2.75, 3.05) is 13.7 Å². The third kappa shape index (κ3) is 3.42. The van der Waals surface area contributed by atoms with Crippen molar-refractivity contribution in [3.8, 4) is 5.75 Å². The number of ether oxygens (including phenoxy) is 1. The molecule has 1 aromatic carbocycles. The van der Waals surface area contributed by atoms with Gasteiger partial charge in [-0.1, -0.05) is 0 Å². The molecular weight excluding hydrogens is 240 g/mol. The van der Waals surface area contributed by atoms with Crippen LogP contribution in [-0.4, -0.2) is 40.7 Å². The minimum Gasteiger partial charge on any atom is -0.468 e. The number of nitro benzene ring substituents is 1. The van der Waals surface area contributed by atoms with Crippen molar-refractivity contribution in [3.05, 3.63) is 34.4 Å². The lowest BCUT2D eigenvalue weighted by Crippen LogP contribution is -2.42. The fraction of sp³-hybridized carbons (Fsp3) is 0.364. The Hall–Kier alpha value is -2.15. The molecule has 98 valence electrons. The van der Waals surface area contributed by atoms with Gasteiger partial charge in [0.25, 0.3) is 5.69 Å². The van der Waals surface area contributed by atoms with Crippen molar-refractivity contribution in [1.29, 1.82) is 0 Å². The molecule has 1 amide bonds. The molecule has 0 aromatic heterocycles. The largest absolute Gasteiger partial charge is 0.468 e. The summed E-state index contributed by atoms with van der Waals surface area (Å²) < 4.78 is 5.35. The zero-order valence-electron chi connectivity index (χ0n) is 10.1. The molecule has 18 heavy (non-hydrogen) atoms. The number of carbonyl (C=O) groups is 1. The molecule has 7 nitrogen and oxygen atoms in total. The third-order valence-corrected chi connectivity index (χ3v) is 2.40. The fourth-order valence-corrected chi connectivity index (χ4v) is 1.25. The van der Waals surface area contributed by atoms with Gasteiger partial charge in [0.05, 0.1) is 11.5 Å². The van der Waals surface area contributed by atoms with E-state index in [2.05, 4.69) is 0 Å². The summed E-state index contributed by atoms with van der Waals surface area (Å²) in [6.45, 7) is 0.981. The summed E-state index contributed by atoms with van der Waals surface area (Å²) >= 11 is 0. The van der Waals surface area contributed by atoms with E-state index in [4.69, 9.17) is 9.84 Å². The molecule has 1 aromatic rings. The Morgan fingerprint density at radius 3 is 2.44 bits per heavy atom. The number of aliphatic hydroxyl groups excluding tert-OH is 1. The van der Waals surface area contributed by atoms with Crippen molar-refractivity contribution in [2.45, 2.75) is 13.2 Å². The molecule has 0 aliphatic rings. The van der Waals surface area contributed by atoms with Gasteiger partial charge in [-0.05, 0) is 12.1 Å². The standard InChI is InChI=1S/C11H14N2O5/c1-8(15)12(2)11(7-14)18-10-5-3-9(4-6-10)13(16)17/h3-6,11,14H,7H2,1-2H3. The molecule has 1 atom stereocenters. The first-order chi connectivity index (χ1) is 8.45. The predicted octanol–water partition coefficient (Wildman–Crippen LogP) is 0.770. The SMILES string of the molecule is CC(=O)N(C)C(CO)Oc1ccc([N+](=O)[O-])cc1. The summed E-state index contributed by atoms with van der Waals surface area (Å²) in [6, 6.07) is 5.40. The number of nitrogens with zero attached hydrogens (tertiary/aromatic N) is 2. The molecule has 0 fully saturated rings. The third-order valence-electron chi connectivity index (χ3n) is 2.40. The summed E-state index contributed by atoms with van der Waals surface area (Å²) in [7, 11) is 1.49. The molecule has 7 heteroatoms. The highest BCUT2D eigenvalue weighted by Gasteiger charge is 2.18. The highest BCUT2D eigenvalue weighted by atomic mass is 16.6. The second-order valence-corrected chi connectivity index (χ2v) is 3.64. The number of likely N-dealkylation sites (N-methyl/N-ethyl adjacent to an activating group) is 1. The van der Waals surface area contributed by atoms with Gasteiger partial charge in [-0.25, -0.2) is 0 Å². The number of non-ortho nitro benzene ring substituents is 1. The molecule has 0 aliphatic carbocycles. The van der Waals surface area contributed by atoms with Crippen molar-refractivity contribution in [2.24, 2.45) is 0 Å². The number of carbonyl (C=O) groups excluding carboxylic acids is 1. The Balaban J connectivity index is 2.76. The van der Waals surface area contributed by atoms with Crippen LogP contribution in [0.5, 0.6) is 5.75 Å². The average Bonchev–Trinajstić information content (AvgIpc) is 2.35. The zero-order chi connectivity index (χ0) is 13.7. The molecule has 0 heterocycles. The van der Waals surface area contributed by atoms with Gasteiger partial charge in [-0.15, -0.1) is 0 Å². The van der Waals surface area contributed by atoms with Crippen LogP contribution in [0, 0.1) is 10.1 Å². The molecule has 1 rings (SSSR count). The second-order valence-electron chi connectivity index (χ2n) is 3.64. The maximum absolute atomic E-state index is 11.1. The van der Waals surface area contributed by atoms with Gasteiger partial charge in [0.2, 0.25) is 5.91 Å². The monoisotopic (exact) mass is 254 g/mol. The number of hydrogen-bond donors (Lipinski definition) is 1. The van der Waals surface area contributed by atoms with E-state index in [1.807, 2.05) is 0 Å². The second kappa shape index (κ2) is 5.97. The topological polar surface area (TPSA) is 92.9 Å². The maximum atomic E-state index is 11.1. The first kappa shape index (κ1) is 13.9. The van der Waals surface area contributed by atoms with Crippen LogP contribution in [0.3, 0.4) is 0 Å². The number of aliphatic hydroxyl groups is 1. The minimum absolute atomic E-state index is 0.0529. The molecule has 0 spiro atoms. The Bertz CT molecular complexity index is 432. The lowest BCUT2D eigenvalue weighted by molar-refractivity contribution is -0.384. The first-order valence-electron chi connectivity index (χ1n) is 5.21. The number of rotatable bonds is 5. The van der Waals surface area contributed by atoms with Gasteiger partial charge in [0, 0.05) is 26.1 Å². The normalized spacial score (nSPS) is 11.7. The molecular formula is C11H14N2O5. The molecule has 0 aliphatic heterocycles. The summed E-state index contributed by atoms with van der Waals surface area (Å²) in [5.41, 5.74) is -0.0529. The van der Waals surface area contributed by atoms with Crippen molar-refractivity contribution in [3.63, 3.8) is 0 Å². The lowest BCUT2D eigenvalue weighted by atomic mass is 10.3. The van der Waals surface area contributed by atoms with Crippen molar-refractivity contribution >= 4 is 11.6 Å². The number of nitro groups is 1. The van der Waals surface area contributed by atoms with E-state index in [0.717, 1.165) is 0 Å². The van der Waals surface area contributed by atoms with Gasteiger partial charge in [-0.2, -0.15) is 0 Å². The molecule has 0 radical (unpaired) electrons. The quantitative estimate of drug-likeness (QED) is 0.476. The zero-order valence-corrected chi connectivity index (χ0v) is 10.1. The summed E-state index contributed by atoms with van der Waals surface area (Å²) in [5, 5.41) is 19.6. The van der Waals surface area contributed by atoms with Crippen LogP contribution in [0.15, 0.2) is 24.3 Å². The van der Waals surface area contributed by atoms with Crippen LogP contribution in [0.2, 0.25) is 0 Å². The van der Waals surface area contributed by atoms with Gasteiger partial charge in [0.1, 0.15) is 5.75 Å². The Morgan fingerprint density at radius 1 is 1.50 bits per heavy atom. The summed E-state index contributed by atoms with van der Waals surface area (Å²) in [6.07, 6.45) is -0.816. The van der Waals surface area contributed by atoms with Gasteiger partial charge >= 0.3 is 0 Å². The fourth-order valence-electron chi connectivity index (χ4n) is 1.25. The van der Waals surface area contributed by atoms with E-state index in [1.54, 1.807) is 0 Å². The first-order valence-corrected chi connectivity index (χ1v) is 5.21. The van der Waals surface area contributed by atoms with Gasteiger partial charge < -0.3 is 14.7 Å². The van der Waals surface area contributed by atoms with Crippen LogP contribution in [-0.2, 0) is 4.79 Å². The Kier molecular flexibility index (Phi) is 4.61. The Labute approximate surface area is 104 Å². The van der Waals surface area contributed by atoms with Crippen LogP contribution < -0.4 is 4.74 Å². The molecule has 0 saturated carbocycles. The maximum Gasteiger partial charge on any atom is 0.269 e. The lowest BCUT2D eigenvalue weighted by Gasteiger charge is -2.25. The van der Waals surface area contributed by atoms with Crippen LogP contribution in [0.4, 0.5) is 5.69 Å². The van der Waals surface area contributed by atoms with Crippen molar-refractivity contribution in [1.82, 2.24) is 4.90 Å². The Morgan fingerprint density at radius 2 is 2.06 bits per heavy atom. The number of amides is 1. The van der Waals surface area contributed by atoms with Crippen molar-refractivity contribution < 1.29 is 19.6 Å². The van der Waals surface area contributed by atoms with E-state index in [1.165, 1.54) is 43.1 Å². The van der Waals surface area contributed by atoms with Gasteiger partial charge in [0.15, 0.2) is 6.23 Å². The predicted molar refractivity (Wildman–Crippen MR) is 63.0 cm³/mol. The average molecular weight is 254 g/mol. The molecule has 1 unspecified atom stereocenters. The molecule has 0 bridgehead atoms. The minimum atomic E-state index is -0.816. The summed E-state index contributed by atoms with van der Waals surface area (Å²) in [5.74, 6) is 0.0868. The number of benzene rings is 1. The van der Waals surface area contributed by atoms with Crippen LogP contribution >= 0.6 is 0 Å². The van der Waals surface area contributed by atoms with E-state index in [9.17, 15) is 14.9 Å². The molecule has 1 N–H and O–H groups in total.